The minimum Gasteiger partial charge on any atom is -0.335 e. The second-order valence-corrected chi connectivity index (χ2v) is 6.08. The van der Waals surface area contributed by atoms with Gasteiger partial charge in [-0.1, -0.05) is 0 Å². The third-order valence-electron chi connectivity index (χ3n) is 3.23. The summed E-state index contributed by atoms with van der Waals surface area (Å²) in [6, 6.07) is 0. The quantitative estimate of drug-likeness (QED) is 0.610. The van der Waals surface area contributed by atoms with E-state index in [0.29, 0.717) is 0 Å². The van der Waals surface area contributed by atoms with Crippen LogP contribution in [0.15, 0.2) is 0 Å². The molecule has 1 fully saturated rings. The molecule has 0 aromatic carbocycles. The summed E-state index contributed by atoms with van der Waals surface area (Å²) in [6.07, 6.45) is 0. The summed E-state index contributed by atoms with van der Waals surface area (Å²) >= 11 is 0. The van der Waals surface area contributed by atoms with Crippen molar-refractivity contribution in [2.24, 2.45) is 0 Å². The van der Waals surface area contributed by atoms with Crippen LogP contribution in [0.5, 0.6) is 0 Å². The van der Waals surface area contributed by atoms with Crippen molar-refractivity contribution in [3.8, 4) is 0 Å². The van der Waals surface area contributed by atoms with E-state index in [-0.39, 0.29) is 17.0 Å². The van der Waals surface area contributed by atoms with Crippen LogP contribution in [-0.4, -0.2) is 46.4 Å². The van der Waals surface area contributed by atoms with Gasteiger partial charge in [0.2, 0.25) is 5.91 Å². The highest BCUT2D eigenvalue weighted by Gasteiger charge is 2.38. The summed E-state index contributed by atoms with van der Waals surface area (Å²) < 4.78 is 0. The topological polar surface area (TPSA) is 23.6 Å². The summed E-state index contributed by atoms with van der Waals surface area (Å²) in [7, 11) is 0. The number of nitrogens with zero attached hydrogens (tertiary/aromatic N) is 2. The van der Waals surface area contributed by atoms with Gasteiger partial charge in [-0.3, -0.25) is 9.69 Å². The minimum atomic E-state index is -0.0443. The van der Waals surface area contributed by atoms with Crippen LogP contribution in [0.3, 0.4) is 0 Å². The van der Waals surface area contributed by atoms with Gasteiger partial charge < -0.3 is 4.90 Å². The minimum absolute atomic E-state index is 0.0443. The molecule has 0 aliphatic carbocycles. The SMILES string of the molecule is CC(=O)N1CCN(C(C)(C)C)CC1(C)C. The average molecular weight is 212 g/mol. The second-order valence-electron chi connectivity index (χ2n) is 6.08. The van der Waals surface area contributed by atoms with E-state index in [1.807, 2.05) is 4.90 Å². The number of amides is 1. The molecule has 88 valence electrons. The van der Waals surface area contributed by atoms with Crippen molar-refractivity contribution in [3.05, 3.63) is 0 Å². The van der Waals surface area contributed by atoms with Gasteiger partial charge in [-0.2, -0.15) is 0 Å². The standard InChI is InChI=1S/C12H24N2O/c1-10(15)14-8-7-13(11(2,3)4)9-12(14,5)6/h7-9H2,1-6H3. The van der Waals surface area contributed by atoms with Gasteiger partial charge in [0.05, 0.1) is 0 Å². The molecule has 3 heteroatoms. The first kappa shape index (κ1) is 12.5. The Balaban J connectivity index is 2.77. The fourth-order valence-electron chi connectivity index (χ4n) is 2.31. The van der Waals surface area contributed by atoms with Crippen molar-refractivity contribution in [1.29, 1.82) is 0 Å². The monoisotopic (exact) mass is 212 g/mol. The molecule has 1 aliphatic rings. The molecule has 1 aliphatic heterocycles. The lowest BCUT2D eigenvalue weighted by Gasteiger charge is -2.51. The Morgan fingerprint density at radius 1 is 1.20 bits per heavy atom. The number of rotatable bonds is 0. The molecule has 3 nitrogen and oxygen atoms in total. The Morgan fingerprint density at radius 2 is 1.73 bits per heavy atom. The maximum atomic E-state index is 11.5. The molecular weight excluding hydrogens is 188 g/mol. The summed E-state index contributed by atoms with van der Waals surface area (Å²) in [5, 5.41) is 0. The van der Waals surface area contributed by atoms with Gasteiger partial charge in [0.15, 0.2) is 0 Å². The first-order chi connectivity index (χ1) is 6.64. The van der Waals surface area contributed by atoms with Crippen LogP contribution in [0.25, 0.3) is 0 Å². The maximum absolute atomic E-state index is 11.5. The molecule has 1 heterocycles. The molecule has 0 saturated carbocycles. The first-order valence-electron chi connectivity index (χ1n) is 5.68. The predicted octanol–water partition coefficient (Wildman–Crippen LogP) is 1.73. The van der Waals surface area contributed by atoms with Crippen LogP contribution in [-0.2, 0) is 4.79 Å². The number of carbonyl (C=O) groups is 1. The van der Waals surface area contributed by atoms with E-state index in [9.17, 15) is 4.79 Å². The summed E-state index contributed by atoms with van der Waals surface area (Å²) in [6.45, 7) is 15.4. The zero-order valence-corrected chi connectivity index (χ0v) is 10.9. The van der Waals surface area contributed by atoms with Crippen LogP contribution < -0.4 is 0 Å². The zero-order valence-electron chi connectivity index (χ0n) is 10.9. The van der Waals surface area contributed by atoms with Gasteiger partial charge in [-0.05, 0) is 34.6 Å². The molecule has 1 saturated heterocycles. The molecule has 0 unspecified atom stereocenters. The van der Waals surface area contributed by atoms with E-state index in [1.165, 1.54) is 0 Å². The molecule has 0 N–H and O–H groups in total. The Morgan fingerprint density at radius 3 is 2.07 bits per heavy atom. The highest BCUT2D eigenvalue weighted by atomic mass is 16.2. The van der Waals surface area contributed by atoms with Crippen LogP contribution in [0.1, 0.15) is 41.5 Å². The highest BCUT2D eigenvalue weighted by molar-refractivity contribution is 5.74. The van der Waals surface area contributed by atoms with Crippen molar-refractivity contribution in [2.45, 2.75) is 52.6 Å². The number of hydrogen-bond acceptors (Lipinski definition) is 2. The molecule has 1 amide bonds. The van der Waals surface area contributed by atoms with Gasteiger partial charge in [0.25, 0.3) is 0 Å². The molecule has 0 spiro atoms. The van der Waals surface area contributed by atoms with Gasteiger partial charge >= 0.3 is 0 Å². The fourth-order valence-corrected chi connectivity index (χ4v) is 2.31. The molecule has 15 heavy (non-hydrogen) atoms. The lowest BCUT2D eigenvalue weighted by Crippen LogP contribution is -2.63. The highest BCUT2D eigenvalue weighted by Crippen LogP contribution is 2.25. The van der Waals surface area contributed by atoms with Crippen LogP contribution in [0, 0.1) is 0 Å². The van der Waals surface area contributed by atoms with Crippen LogP contribution in [0.2, 0.25) is 0 Å². The summed E-state index contributed by atoms with van der Waals surface area (Å²) in [4.78, 5) is 15.9. The smallest absolute Gasteiger partial charge is 0.219 e. The van der Waals surface area contributed by atoms with Crippen molar-refractivity contribution in [1.82, 2.24) is 9.80 Å². The van der Waals surface area contributed by atoms with Crippen molar-refractivity contribution >= 4 is 5.91 Å². The van der Waals surface area contributed by atoms with E-state index in [0.717, 1.165) is 19.6 Å². The zero-order chi connectivity index (χ0) is 11.9. The van der Waals surface area contributed by atoms with Gasteiger partial charge in [0.1, 0.15) is 0 Å². The Labute approximate surface area is 93.4 Å². The summed E-state index contributed by atoms with van der Waals surface area (Å²) in [5.41, 5.74) is 0.150. The van der Waals surface area contributed by atoms with Gasteiger partial charge in [-0.15, -0.1) is 0 Å². The molecule has 0 bridgehead atoms. The molecule has 0 radical (unpaired) electrons. The Bertz CT molecular complexity index is 253. The molecule has 1 rings (SSSR count). The third-order valence-corrected chi connectivity index (χ3v) is 3.23. The lowest BCUT2D eigenvalue weighted by atomic mass is 9.94. The van der Waals surface area contributed by atoms with E-state index >= 15 is 0 Å². The van der Waals surface area contributed by atoms with E-state index in [1.54, 1.807) is 6.92 Å². The molecular formula is C12H24N2O. The normalized spacial score (nSPS) is 22.9. The maximum Gasteiger partial charge on any atom is 0.219 e. The van der Waals surface area contributed by atoms with E-state index in [2.05, 4.69) is 39.5 Å². The Hall–Kier alpha value is -0.570. The molecule has 0 atom stereocenters. The summed E-state index contributed by atoms with van der Waals surface area (Å²) in [5.74, 6) is 0.188. The molecule has 0 aromatic rings. The number of hydrogen-bond donors (Lipinski definition) is 0. The van der Waals surface area contributed by atoms with Crippen LogP contribution >= 0.6 is 0 Å². The third kappa shape index (κ3) is 2.71. The largest absolute Gasteiger partial charge is 0.335 e. The van der Waals surface area contributed by atoms with E-state index < -0.39 is 0 Å². The van der Waals surface area contributed by atoms with Crippen molar-refractivity contribution in [3.63, 3.8) is 0 Å². The lowest BCUT2D eigenvalue weighted by molar-refractivity contribution is -0.139. The van der Waals surface area contributed by atoms with Gasteiger partial charge in [0, 0.05) is 37.6 Å². The Kier molecular flexibility index (Phi) is 3.15. The van der Waals surface area contributed by atoms with Crippen molar-refractivity contribution < 1.29 is 4.79 Å². The average Bonchev–Trinajstić information content (AvgIpc) is 1.99. The van der Waals surface area contributed by atoms with Crippen molar-refractivity contribution in [2.75, 3.05) is 19.6 Å². The number of carbonyl (C=O) groups excluding carboxylic acids is 1. The second kappa shape index (κ2) is 3.78. The van der Waals surface area contributed by atoms with Crippen LogP contribution in [0.4, 0.5) is 0 Å². The number of piperazine rings is 1. The fraction of sp³-hybridized carbons (Fsp3) is 0.917. The first-order valence-corrected chi connectivity index (χ1v) is 5.68. The van der Waals surface area contributed by atoms with E-state index in [4.69, 9.17) is 0 Å². The van der Waals surface area contributed by atoms with Gasteiger partial charge in [-0.25, -0.2) is 0 Å². The predicted molar refractivity (Wildman–Crippen MR) is 62.8 cm³/mol. The molecule has 0 aromatic heterocycles.